The number of nitrogens with zero attached hydrogens (tertiary/aromatic N) is 4. The third-order valence-corrected chi connectivity index (χ3v) is 2.69. The molecular weight excluding hydrogens is 230 g/mol. The second kappa shape index (κ2) is 6.11. The molecule has 1 N–H and O–H groups in total. The fraction of sp³-hybridized carbons (Fsp3) is 0.417. The standard InChI is InChI=1S/C12H17N5O/c1-10(13-2)12-14-15-16-17(12)8-9-18-11-6-4-3-5-7-11/h3-7,10,13H,8-9H2,1-2H3. The van der Waals surface area contributed by atoms with Gasteiger partial charge in [0.15, 0.2) is 5.82 Å². The highest BCUT2D eigenvalue weighted by Gasteiger charge is 2.12. The number of aromatic nitrogens is 4. The lowest BCUT2D eigenvalue weighted by Gasteiger charge is -2.10. The van der Waals surface area contributed by atoms with E-state index in [1.807, 2.05) is 44.3 Å². The van der Waals surface area contributed by atoms with Crippen molar-refractivity contribution in [2.24, 2.45) is 0 Å². The predicted octanol–water partition coefficient (Wildman–Crippen LogP) is 1.03. The summed E-state index contributed by atoms with van der Waals surface area (Å²) in [5.74, 6) is 1.67. The first-order valence-corrected chi connectivity index (χ1v) is 5.92. The summed E-state index contributed by atoms with van der Waals surface area (Å²) in [6.45, 7) is 3.18. The second-order valence-corrected chi connectivity index (χ2v) is 3.93. The van der Waals surface area contributed by atoms with Crippen molar-refractivity contribution < 1.29 is 4.74 Å². The molecule has 6 nitrogen and oxygen atoms in total. The second-order valence-electron chi connectivity index (χ2n) is 3.93. The molecule has 0 aliphatic carbocycles. The number of hydrogen-bond donors (Lipinski definition) is 1. The number of rotatable bonds is 6. The van der Waals surface area contributed by atoms with E-state index < -0.39 is 0 Å². The van der Waals surface area contributed by atoms with E-state index in [4.69, 9.17) is 4.74 Å². The molecular formula is C12H17N5O. The quantitative estimate of drug-likeness (QED) is 0.826. The fourth-order valence-electron chi connectivity index (χ4n) is 1.58. The molecule has 6 heteroatoms. The average Bonchev–Trinajstić information content (AvgIpc) is 2.87. The Morgan fingerprint density at radius 1 is 1.33 bits per heavy atom. The van der Waals surface area contributed by atoms with Crippen molar-refractivity contribution in [2.75, 3.05) is 13.7 Å². The molecule has 96 valence electrons. The zero-order chi connectivity index (χ0) is 12.8. The van der Waals surface area contributed by atoms with Gasteiger partial charge in [-0.25, -0.2) is 4.68 Å². The third-order valence-electron chi connectivity index (χ3n) is 2.69. The van der Waals surface area contributed by atoms with Crippen LogP contribution >= 0.6 is 0 Å². The van der Waals surface area contributed by atoms with Crippen LogP contribution in [0.25, 0.3) is 0 Å². The third kappa shape index (κ3) is 3.04. The van der Waals surface area contributed by atoms with Gasteiger partial charge in [0.25, 0.3) is 0 Å². The molecule has 0 radical (unpaired) electrons. The Kier molecular flexibility index (Phi) is 4.25. The van der Waals surface area contributed by atoms with Gasteiger partial charge in [0.2, 0.25) is 0 Å². The average molecular weight is 247 g/mol. The fourth-order valence-corrected chi connectivity index (χ4v) is 1.58. The number of tetrazole rings is 1. The summed E-state index contributed by atoms with van der Waals surface area (Å²) < 4.78 is 7.36. The SMILES string of the molecule is CNC(C)c1nnnn1CCOc1ccccc1. The molecule has 0 saturated heterocycles. The molecule has 0 aliphatic heterocycles. The maximum Gasteiger partial charge on any atom is 0.168 e. The lowest BCUT2D eigenvalue weighted by Crippen LogP contribution is -2.20. The van der Waals surface area contributed by atoms with Crippen molar-refractivity contribution in [1.29, 1.82) is 0 Å². The summed E-state index contributed by atoms with van der Waals surface area (Å²) in [6.07, 6.45) is 0. The molecule has 18 heavy (non-hydrogen) atoms. The van der Waals surface area contributed by atoms with Gasteiger partial charge < -0.3 is 10.1 Å². The number of benzene rings is 1. The number of ether oxygens (including phenoxy) is 1. The minimum absolute atomic E-state index is 0.122. The molecule has 1 atom stereocenters. The van der Waals surface area contributed by atoms with Crippen LogP contribution in [0, 0.1) is 0 Å². The number of nitrogens with one attached hydrogen (secondary N) is 1. The summed E-state index contributed by atoms with van der Waals surface area (Å²) in [4.78, 5) is 0. The van der Waals surface area contributed by atoms with E-state index in [2.05, 4.69) is 20.8 Å². The van der Waals surface area contributed by atoms with Gasteiger partial charge in [0.1, 0.15) is 12.4 Å². The number of hydrogen-bond acceptors (Lipinski definition) is 5. The van der Waals surface area contributed by atoms with Gasteiger partial charge in [-0.1, -0.05) is 18.2 Å². The van der Waals surface area contributed by atoms with Crippen molar-refractivity contribution in [1.82, 2.24) is 25.5 Å². The monoisotopic (exact) mass is 247 g/mol. The molecule has 0 amide bonds. The molecule has 0 spiro atoms. The van der Waals surface area contributed by atoms with Crippen LogP contribution in [0.4, 0.5) is 0 Å². The largest absolute Gasteiger partial charge is 0.492 e. The molecule has 0 fully saturated rings. The van der Waals surface area contributed by atoms with Crippen molar-refractivity contribution in [3.63, 3.8) is 0 Å². The lowest BCUT2D eigenvalue weighted by molar-refractivity contribution is 0.285. The first-order valence-electron chi connectivity index (χ1n) is 5.92. The zero-order valence-corrected chi connectivity index (χ0v) is 10.6. The molecule has 1 heterocycles. The van der Waals surface area contributed by atoms with E-state index in [1.54, 1.807) is 4.68 Å². The molecule has 2 rings (SSSR count). The smallest absolute Gasteiger partial charge is 0.168 e. The van der Waals surface area contributed by atoms with Crippen LogP contribution in [0.5, 0.6) is 5.75 Å². The van der Waals surface area contributed by atoms with Crippen LogP contribution in [-0.4, -0.2) is 33.9 Å². The topological polar surface area (TPSA) is 64.9 Å². The van der Waals surface area contributed by atoms with Gasteiger partial charge >= 0.3 is 0 Å². The summed E-state index contributed by atoms with van der Waals surface area (Å²) in [6, 6.07) is 9.83. The highest BCUT2D eigenvalue weighted by molar-refractivity contribution is 5.20. The van der Waals surface area contributed by atoms with Gasteiger partial charge in [0.05, 0.1) is 12.6 Å². The van der Waals surface area contributed by atoms with Gasteiger partial charge in [-0.2, -0.15) is 0 Å². The Balaban J connectivity index is 1.89. The highest BCUT2D eigenvalue weighted by atomic mass is 16.5. The molecule has 1 aromatic heterocycles. The predicted molar refractivity (Wildman–Crippen MR) is 67.2 cm³/mol. The molecule has 2 aromatic rings. The highest BCUT2D eigenvalue weighted by Crippen LogP contribution is 2.09. The molecule has 0 bridgehead atoms. The van der Waals surface area contributed by atoms with Gasteiger partial charge in [-0.3, -0.25) is 0 Å². The van der Waals surface area contributed by atoms with E-state index in [-0.39, 0.29) is 6.04 Å². The maximum absolute atomic E-state index is 5.61. The number of para-hydroxylation sites is 1. The maximum atomic E-state index is 5.61. The minimum Gasteiger partial charge on any atom is -0.492 e. The molecule has 0 saturated carbocycles. The lowest BCUT2D eigenvalue weighted by atomic mass is 10.3. The Labute approximate surface area is 106 Å². The van der Waals surface area contributed by atoms with E-state index in [0.717, 1.165) is 11.6 Å². The first-order chi connectivity index (χ1) is 8.81. The van der Waals surface area contributed by atoms with Crippen molar-refractivity contribution in [3.8, 4) is 5.75 Å². The normalized spacial score (nSPS) is 12.3. The van der Waals surface area contributed by atoms with Crippen molar-refractivity contribution in [2.45, 2.75) is 19.5 Å². The Hall–Kier alpha value is -1.95. The van der Waals surface area contributed by atoms with E-state index in [0.29, 0.717) is 13.2 Å². The molecule has 1 unspecified atom stereocenters. The van der Waals surface area contributed by atoms with Crippen molar-refractivity contribution in [3.05, 3.63) is 36.2 Å². The van der Waals surface area contributed by atoms with E-state index in [1.165, 1.54) is 0 Å². The van der Waals surface area contributed by atoms with Crippen LogP contribution < -0.4 is 10.1 Å². The van der Waals surface area contributed by atoms with Gasteiger partial charge in [-0.05, 0) is 36.5 Å². The van der Waals surface area contributed by atoms with Crippen LogP contribution in [0.2, 0.25) is 0 Å². The van der Waals surface area contributed by atoms with Crippen molar-refractivity contribution >= 4 is 0 Å². The molecule has 0 aliphatic rings. The van der Waals surface area contributed by atoms with Crippen LogP contribution in [0.1, 0.15) is 18.8 Å². The van der Waals surface area contributed by atoms with Gasteiger partial charge in [0, 0.05) is 0 Å². The Morgan fingerprint density at radius 3 is 2.83 bits per heavy atom. The summed E-state index contributed by atoms with van der Waals surface area (Å²) in [5, 5.41) is 14.7. The Bertz CT molecular complexity index is 470. The summed E-state index contributed by atoms with van der Waals surface area (Å²) in [7, 11) is 1.88. The Morgan fingerprint density at radius 2 is 2.11 bits per heavy atom. The van der Waals surface area contributed by atoms with Crippen LogP contribution in [-0.2, 0) is 6.54 Å². The zero-order valence-electron chi connectivity index (χ0n) is 10.6. The summed E-state index contributed by atoms with van der Waals surface area (Å²) >= 11 is 0. The van der Waals surface area contributed by atoms with E-state index >= 15 is 0 Å². The van der Waals surface area contributed by atoms with Crippen LogP contribution in [0.15, 0.2) is 30.3 Å². The molecule has 1 aromatic carbocycles. The summed E-state index contributed by atoms with van der Waals surface area (Å²) in [5.41, 5.74) is 0. The first kappa shape index (κ1) is 12.5. The van der Waals surface area contributed by atoms with Gasteiger partial charge in [-0.15, -0.1) is 5.10 Å². The van der Waals surface area contributed by atoms with Crippen LogP contribution in [0.3, 0.4) is 0 Å². The minimum atomic E-state index is 0.122. The van der Waals surface area contributed by atoms with E-state index in [9.17, 15) is 0 Å².